The van der Waals surface area contributed by atoms with E-state index in [0.717, 1.165) is 12.0 Å². The number of hydrogen-bond donors (Lipinski definition) is 1. The van der Waals surface area contributed by atoms with Gasteiger partial charge in [0.1, 0.15) is 0 Å². The van der Waals surface area contributed by atoms with Crippen LogP contribution in [0.5, 0.6) is 0 Å². The average molecular weight is 298 g/mol. The maximum absolute atomic E-state index is 6.12. The summed E-state index contributed by atoms with van der Waals surface area (Å²) in [6.45, 7) is 0. The monoisotopic (exact) mass is 297 g/mol. The number of allylic oxidation sites excluding steroid dienone is 1. The fourth-order valence-electron chi connectivity index (χ4n) is 2.79. The van der Waals surface area contributed by atoms with Crippen LogP contribution in [0.1, 0.15) is 50.1 Å². The van der Waals surface area contributed by atoms with Crippen LogP contribution in [0.15, 0.2) is 29.8 Å². The topological polar surface area (TPSA) is 12.0 Å². The van der Waals surface area contributed by atoms with Gasteiger partial charge in [0.2, 0.25) is 0 Å². The van der Waals surface area contributed by atoms with Crippen molar-refractivity contribution in [1.82, 2.24) is 5.32 Å². The molecule has 1 aliphatic carbocycles. The average Bonchev–Trinajstić information content (AvgIpc) is 2.31. The van der Waals surface area contributed by atoms with E-state index in [2.05, 4.69) is 11.4 Å². The van der Waals surface area contributed by atoms with Gasteiger partial charge in [-0.3, -0.25) is 0 Å². The minimum absolute atomic E-state index is 0.231. The molecular weight excluding hydrogens is 277 g/mol. The Morgan fingerprint density at radius 2 is 1.68 bits per heavy atom. The number of halogens is 2. The van der Waals surface area contributed by atoms with Crippen molar-refractivity contribution >= 4 is 23.2 Å². The summed E-state index contributed by atoms with van der Waals surface area (Å²) in [5.41, 5.74) is 2.63. The standard InChI is InChI=1S/C16H21Cl2N/c1-19-16(12-7-5-3-2-4-6-8-12)13-9-14(17)11-15(18)10-13/h7,9-11,16,19H,2-6,8H2,1H3/b12-7+. The number of benzene rings is 1. The van der Waals surface area contributed by atoms with Crippen molar-refractivity contribution in [3.8, 4) is 0 Å². The highest BCUT2D eigenvalue weighted by molar-refractivity contribution is 6.34. The van der Waals surface area contributed by atoms with Crippen LogP contribution < -0.4 is 5.32 Å². The van der Waals surface area contributed by atoms with Crippen LogP contribution in [0.3, 0.4) is 0 Å². The van der Waals surface area contributed by atoms with Gasteiger partial charge in [0.05, 0.1) is 6.04 Å². The van der Waals surface area contributed by atoms with E-state index in [1.165, 1.54) is 37.7 Å². The molecule has 1 aromatic rings. The minimum atomic E-state index is 0.231. The Morgan fingerprint density at radius 1 is 1.00 bits per heavy atom. The SMILES string of the molecule is CNC(/C1=C/CCCCCC1)c1cc(Cl)cc(Cl)c1. The molecule has 1 aliphatic rings. The molecule has 0 aliphatic heterocycles. The first-order chi connectivity index (χ1) is 9.20. The van der Waals surface area contributed by atoms with Crippen molar-refractivity contribution in [2.75, 3.05) is 7.05 Å². The Hall–Kier alpha value is -0.500. The molecule has 2 rings (SSSR count). The van der Waals surface area contributed by atoms with Gasteiger partial charge in [0, 0.05) is 10.0 Å². The summed E-state index contributed by atoms with van der Waals surface area (Å²) < 4.78 is 0. The molecule has 0 fully saturated rings. The molecule has 0 radical (unpaired) electrons. The Kier molecular flexibility index (Phi) is 5.75. The van der Waals surface area contributed by atoms with E-state index >= 15 is 0 Å². The molecule has 3 heteroatoms. The Balaban J connectivity index is 2.26. The Bertz CT molecular complexity index is 434. The van der Waals surface area contributed by atoms with Crippen molar-refractivity contribution in [1.29, 1.82) is 0 Å². The van der Waals surface area contributed by atoms with Crippen molar-refractivity contribution in [2.24, 2.45) is 0 Å². The van der Waals surface area contributed by atoms with E-state index < -0.39 is 0 Å². The maximum atomic E-state index is 6.12. The number of nitrogens with one attached hydrogen (secondary N) is 1. The zero-order valence-corrected chi connectivity index (χ0v) is 12.9. The van der Waals surface area contributed by atoms with E-state index in [4.69, 9.17) is 23.2 Å². The smallest absolute Gasteiger partial charge is 0.0534 e. The molecule has 0 heterocycles. The molecule has 1 N–H and O–H groups in total. The first-order valence-corrected chi connectivity index (χ1v) is 7.78. The molecule has 104 valence electrons. The van der Waals surface area contributed by atoms with E-state index in [9.17, 15) is 0 Å². The van der Waals surface area contributed by atoms with Gasteiger partial charge in [-0.15, -0.1) is 0 Å². The lowest BCUT2D eigenvalue weighted by Gasteiger charge is -2.22. The van der Waals surface area contributed by atoms with Gasteiger partial charge in [-0.1, -0.05) is 47.7 Å². The predicted octanol–water partition coefficient (Wildman–Crippen LogP) is 5.53. The molecule has 0 saturated carbocycles. The molecule has 1 aromatic carbocycles. The van der Waals surface area contributed by atoms with Crippen molar-refractivity contribution in [2.45, 2.75) is 44.6 Å². The highest BCUT2D eigenvalue weighted by atomic mass is 35.5. The van der Waals surface area contributed by atoms with Gasteiger partial charge in [-0.25, -0.2) is 0 Å². The summed E-state index contributed by atoms with van der Waals surface area (Å²) in [5, 5.41) is 4.81. The number of likely N-dealkylation sites (N-methyl/N-ethyl adjacent to an activating group) is 1. The lowest BCUT2D eigenvalue weighted by Crippen LogP contribution is -2.19. The maximum Gasteiger partial charge on any atom is 0.0534 e. The second-order valence-electron chi connectivity index (χ2n) is 5.16. The van der Waals surface area contributed by atoms with E-state index in [1.54, 1.807) is 6.07 Å². The summed E-state index contributed by atoms with van der Waals surface area (Å²) in [7, 11) is 2.00. The Labute approximate surface area is 126 Å². The van der Waals surface area contributed by atoms with E-state index in [0.29, 0.717) is 10.0 Å². The van der Waals surface area contributed by atoms with Gasteiger partial charge < -0.3 is 5.32 Å². The van der Waals surface area contributed by atoms with Crippen LogP contribution in [-0.2, 0) is 0 Å². The number of rotatable bonds is 3. The van der Waals surface area contributed by atoms with Gasteiger partial charge >= 0.3 is 0 Å². The van der Waals surface area contributed by atoms with Crippen LogP contribution in [0.4, 0.5) is 0 Å². The second-order valence-corrected chi connectivity index (χ2v) is 6.03. The van der Waals surface area contributed by atoms with Crippen LogP contribution in [0.2, 0.25) is 10.0 Å². The van der Waals surface area contributed by atoms with Gasteiger partial charge in [0.15, 0.2) is 0 Å². The molecule has 1 nitrogen and oxygen atoms in total. The summed E-state index contributed by atoms with van der Waals surface area (Å²) in [4.78, 5) is 0. The Morgan fingerprint density at radius 3 is 2.37 bits per heavy atom. The van der Waals surface area contributed by atoms with E-state index in [-0.39, 0.29) is 6.04 Å². The number of hydrogen-bond acceptors (Lipinski definition) is 1. The van der Waals surface area contributed by atoms with E-state index in [1.807, 2.05) is 19.2 Å². The van der Waals surface area contributed by atoms with Crippen LogP contribution >= 0.6 is 23.2 Å². The lowest BCUT2D eigenvalue weighted by molar-refractivity contribution is 0.574. The zero-order valence-electron chi connectivity index (χ0n) is 11.4. The molecule has 0 amide bonds. The molecule has 0 aromatic heterocycles. The largest absolute Gasteiger partial charge is 0.310 e. The fourth-order valence-corrected chi connectivity index (χ4v) is 3.33. The van der Waals surface area contributed by atoms with Crippen molar-refractivity contribution < 1.29 is 0 Å². The molecule has 19 heavy (non-hydrogen) atoms. The summed E-state index contributed by atoms with van der Waals surface area (Å²) in [6.07, 6.45) is 10.0. The second kappa shape index (κ2) is 7.33. The molecular formula is C16H21Cl2N. The van der Waals surface area contributed by atoms with Crippen molar-refractivity contribution in [3.05, 3.63) is 45.5 Å². The highest BCUT2D eigenvalue weighted by Gasteiger charge is 2.16. The third-order valence-corrected chi connectivity index (χ3v) is 4.14. The highest BCUT2D eigenvalue weighted by Crippen LogP contribution is 2.31. The van der Waals surface area contributed by atoms with Crippen LogP contribution in [0.25, 0.3) is 0 Å². The van der Waals surface area contributed by atoms with Gasteiger partial charge in [0.25, 0.3) is 0 Å². The van der Waals surface area contributed by atoms with Crippen molar-refractivity contribution in [3.63, 3.8) is 0 Å². The first kappa shape index (κ1) is 14.9. The normalized spacial score (nSPS) is 21.1. The van der Waals surface area contributed by atoms with Crippen LogP contribution in [-0.4, -0.2) is 7.05 Å². The lowest BCUT2D eigenvalue weighted by atomic mass is 9.91. The molecule has 0 bridgehead atoms. The zero-order chi connectivity index (χ0) is 13.7. The summed E-state index contributed by atoms with van der Waals surface area (Å²) in [5.74, 6) is 0. The quantitative estimate of drug-likeness (QED) is 0.723. The third-order valence-electron chi connectivity index (χ3n) is 3.70. The van der Waals surface area contributed by atoms with Crippen LogP contribution in [0, 0.1) is 0 Å². The molecule has 1 atom stereocenters. The molecule has 0 saturated heterocycles. The first-order valence-electron chi connectivity index (χ1n) is 7.03. The molecule has 1 unspecified atom stereocenters. The summed E-state index contributed by atoms with van der Waals surface area (Å²) in [6, 6.07) is 6.03. The third kappa shape index (κ3) is 4.24. The molecule has 0 spiro atoms. The predicted molar refractivity (Wildman–Crippen MR) is 84.0 cm³/mol. The van der Waals surface area contributed by atoms with Gasteiger partial charge in [-0.2, -0.15) is 0 Å². The van der Waals surface area contributed by atoms with Gasteiger partial charge in [-0.05, 0) is 56.5 Å². The minimum Gasteiger partial charge on any atom is -0.310 e. The summed E-state index contributed by atoms with van der Waals surface area (Å²) >= 11 is 12.2. The fraction of sp³-hybridized carbons (Fsp3) is 0.500.